The van der Waals surface area contributed by atoms with E-state index in [0.29, 0.717) is 12.1 Å². The molecule has 21 heavy (non-hydrogen) atoms. The van der Waals surface area contributed by atoms with Crippen LogP contribution in [0.1, 0.15) is 48.9 Å². The number of rotatable bonds is 3. The average Bonchev–Trinajstić information content (AvgIpc) is 3.03. The van der Waals surface area contributed by atoms with E-state index in [2.05, 4.69) is 10.2 Å². The molecule has 0 bridgehead atoms. The lowest BCUT2D eigenvalue weighted by Crippen LogP contribution is -2.52. The predicted octanol–water partition coefficient (Wildman–Crippen LogP) is 3.25. The Morgan fingerprint density at radius 2 is 1.67 bits per heavy atom. The summed E-state index contributed by atoms with van der Waals surface area (Å²) in [5, 5.41) is 3.28. The molecule has 4 heteroatoms. The first-order valence-corrected chi connectivity index (χ1v) is 7.94. The molecule has 1 aromatic carbocycles. The molecule has 1 heterocycles. The number of nitrogens with one attached hydrogen (secondary N) is 1. The minimum absolute atomic E-state index is 0. The van der Waals surface area contributed by atoms with Crippen molar-refractivity contribution < 1.29 is 4.79 Å². The molecule has 0 radical (unpaired) electrons. The summed E-state index contributed by atoms with van der Waals surface area (Å²) >= 11 is 0. The van der Waals surface area contributed by atoms with Gasteiger partial charge >= 0.3 is 0 Å². The van der Waals surface area contributed by atoms with Crippen LogP contribution in [0.4, 0.5) is 0 Å². The van der Waals surface area contributed by atoms with Gasteiger partial charge in [0.2, 0.25) is 0 Å². The molecule has 2 aliphatic rings. The lowest BCUT2D eigenvalue weighted by molar-refractivity contribution is 0.0862. The molecule has 0 aromatic heterocycles. The number of halogens is 1. The number of carbonyl (C=O) groups is 1. The molecule has 1 amide bonds. The van der Waals surface area contributed by atoms with Gasteiger partial charge in [-0.1, -0.05) is 31.0 Å². The largest absolute Gasteiger partial charge is 0.348 e. The van der Waals surface area contributed by atoms with E-state index in [0.717, 1.165) is 12.0 Å². The van der Waals surface area contributed by atoms with Gasteiger partial charge in [-0.2, -0.15) is 0 Å². The van der Waals surface area contributed by atoms with E-state index in [9.17, 15) is 4.79 Å². The van der Waals surface area contributed by atoms with Crippen molar-refractivity contribution in [3.8, 4) is 0 Å². The van der Waals surface area contributed by atoms with Gasteiger partial charge in [0.15, 0.2) is 0 Å². The standard InChI is InChI=1S/C17H24N2O.ClH/c20-17(14-8-2-1-3-9-14)18-15-10-4-5-11-16(15)19-12-6-7-13-19;/h1-3,8-9,15-16H,4-7,10-13H2,(H,18,20);1H. The second kappa shape index (κ2) is 7.81. The smallest absolute Gasteiger partial charge is 0.251 e. The van der Waals surface area contributed by atoms with Crippen molar-refractivity contribution in [1.29, 1.82) is 0 Å². The number of hydrogen-bond donors (Lipinski definition) is 1. The highest BCUT2D eigenvalue weighted by Gasteiger charge is 2.32. The lowest BCUT2D eigenvalue weighted by atomic mass is 9.89. The Hall–Kier alpha value is -1.06. The number of benzene rings is 1. The summed E-state index contributed by atoms with van der Waals surface area (Å²) in [5.74, 6) is 0.0849. The summed E-state index contributed by atoms with van der Waals surface area (Å²) in [4.78, 5) is 14.9. The van der Waals surface area contributed by atoms with Crippen LogP contribution in [0.3, 0.4) is 0 Å². The summed E-state index contributed by atoms with van der Waals surface area (Å²) in [7, 11) is 0. The van der Waals surface area contributed by atoms with Gasteiger partial charge < -0.3 is 5.32 Å². The molecule has 1 aromatic rings. The second-order valence-electron chi connectivity index (χ2n) is 6.04. The fourth-order valence-corrected chi connectivity index (χ4v) is 3.63. The summed E-state index contributed by atoms with van der Waals surface area (Å²) in [5.41, 5.74) is 0.776. The van der Waals surface area contributed by atoms with E-state index >= 15 is 0 Å². The Morgan fingerprint density at radius 3 is 2.38 bits per heavy atom. The monoisotopic (exact) mass is 308 g/mol. The Morgan fingerprint density at radius 1 is 1.00 bits per heavy atom. The third-order valence-corrected chi connectivity index (χ3v) is 4.69. The summed E-state index contributed by atoms with van der Waals surface area (Å²) in [6.45, 7) is 2.42. The van der Waals surface area contributed by atoms with Crippen molar-refractivity contribution in [3.63, 3.8) is 0 Å². The van der Waals surface area contributed by atoms with Crippen LogP contribution in [-0.2, 0) is 0 Å². The molecular formula is C17H25ClN2O. The van der Waals surface area contributed by atoms with Crippen LogP contribution in [0.25, 0.3) is 0 Å². The van der Waals surface area contributed by atoms with Crippen LogP contribution in [0.2, 0.25) is 0 Å². The number of hydrogen-bond acceptors (Lipinski definition) is 2. The highest BCUT2D eigenvalue weighted by atomic mass is 35.5. The molecule has 2 unspecified atom stereocenters. The molecule has 116 valence electrons. The number of carbonyl (C=O) groups excluding carboxylic acids is 1. The summed E-state index contributed by atoms with van der Waals surface area (Å²) in [6, 6.07) is 10.5. The topological polar surface area (TPSA) is 32.3 Å². The van der Waals surface area contributed by atoms with E-state index in [1.165, 1.54) is 45.2 Å². The van der Waals surface area contributed by atoms with Crippen LogP contribution >= 0.6 is 12.4 Å². The number of nitrogens with zero attached hydrogens (tertiary/aromatic N) is 1. The van der Waals surface area contributed by atoms with Gasteiger partial charge in [0, 0.05) is 17.6 Å². The lowest BCUT2D eigenvalue weighted by Gasteiger charge is -2.38. The quantitative estimate of drug-likeness (QED) is 0.929. The third-order valence-electron chi connectivity index (χ3n) is 4.69. The highest BCUT2D eigenvalue weighted by molar-refractivity contribution is 5.94. The van der Waals surface area contributed by atoms with Crippen LogP contribution < -0.4 is 5.32 Å². The van der Waals surface area contributed by atoms with E-state index in [4.69, 9.17) is 0 Å². The van der Waals surface area contributed by atoms with Crippen molar-refractivity contribution in [3.05, 3.63) is 35.9 Å². The summed E-state index contributed by atoms with van der Waals surface area (Å²) < 4.78 is 0. The van der Waals surface area contributed by atoms with Crippen LogP contribution in [0.15, 0.2) is 30.3 Å². The molecule has 0 spiro atoms. The van der Waals surface area contributed by atoms with Crippen LogP contribution in [-0.4, -0.2) is 36.0 Å². The second-order valence-corrected chi connectivity index (χ2v) is 6.04. The zero-order chi connectivity index (χ0) is 13.8. The first-order valence-electron chi connectivity index (χ1n) is 7.94. The van der Waals surface area contributed by atoms with Crippen molar-refractivity contribution in [2.24, 2.45) is 0 Å². The normalized spacial score (nSPS) is 26.1. The van der Waals surface area contributed by atoms with Crippen LogP contribution in [0.5, 0.6) is 0 Å². The molecule has 1 aliphatic heterocycles. The molecule has 1 saturated carbocycles. The highest BCUT2D eigenvalue weighted by Crippen LogP contribution is 2.26. The average molecular weight is 309 g/mol. The van der Waals surface area contributed by atoms with Gasteiger partial charge in [-0.05, 0) is 50.9 Å². The number of likely N-dealkylation sites (tertiary alicyclic amines) is 1. The fourth-order valence-electron chi connectivity index (χ4n) is 3.63. The molecule has 1 N–H and O–H groups in total. The fraction of sp³-hybridized carbons (Fsp3) is 0.588. The van der Waals surface area contributed by atoms with Gasteiger partial charge in [-0.15, -0.1) is 12.4 Å². The molecule has 3 nitrogen and oxygen atoms in total. The molecule has 3 rings (SSSR count). The third kappa shape index (κ3) is 3.98. The Labute approximate surface area is 133 Å². The minimum atomic E-state index is 0. The Kier molecular flexibility index (Phi) is 6.07. The maximum Gasteiger partial charge on any atom is 0.251 e. The summed E-state index contributed by atoms with van der Waals surface area (Å²) in [6.07, 6.45) is 7.54. The molecule has 2 fully saturated rings. The van der Waals surface area contributed by atoms with E-state index in [1.54, 1.807) is 0 Å². The van der Waals surface area contributed by atoms with Gasteiger partial charge in [-0.3, -0.25) is 9.69 Å². The zero-order valence-electron chi connectivity index (χ0n) is 12.5. The van der Waals surface area contributed by atoms with E-state index in [1.807, 2.05) is 30.3 Å². The molecular weight excluding hydrogens is 284 g/mol. The van der Waals surface area contributed by atoms with Gasteiger partial charge in [0.1, 0.15) is 0 Å². The van der Waals surface area contributed by atoms with Crippen molar-refractivity contribution in [2.75, 3.05) is 13.1 Å². The van der Waals surface area contributed by atoms with Gasteiger partial charge in [0.05, 0.1) is 0 Å². The number of amides is 1. The van der Waals surface area contributed by atoms with Crippen molar-refractivity contribution in [1.82, 2.24) is 10.2 Å². The molecule has 2 atom stereocenters. The molecule has 1 saturated heterocycles. The van der Waals surface area contributed by atoms with Crippen molar-refractivity contribution in [2.45, 2.75) is 50.6 Å². The maximum atomic E-state index is 12.3. The SMILES string of the molecule is Cl.O=C(NC1CCCCC1N1CCCC1)c1ccccc1. The van der Waals surface area contributed by atoms with E-state index < -0.39 is 0 Å². The van der Waals surface area contributed by atoms with Crippen molar-refractivity contribution >= 4 is 18.3 Å². The first-order chi connectivity index (χ1) is 9.84. The van der Waals surface area contributed by atoms with E-state index in [-0.39, 0.29) is 18.3 Å². The maximum absolute atomic E-state index is 12.3. The zero-order valence-corrected chi connectivity index (χ0v) is 13.3. The van der Waals surface area contributed by atoms with Gasteiger partial charge in [0.25, 0.3) is 5.91 Å². The minimum Gasteiger partial charge on any atom is -0.348 e. The van der Waals surface area contributed by atoms with Gasteiger partial charge in [-0.25, -0.2) is 0 Å². The Bertz CT molecular complexity index is 445. The predicted molar refractivity (Wildman–Crippen MR) is 88.0 cm³/mol. The molecule has 1 aliphatic carbocycles. The Balaban J connectivity index is 0.00000161. The first kappa shape index (κ1) is 16.3. The van der Waals surface area contributed by atoms with Crippen LogP contribution in [0, 0.1) is 0 Å².